The zero-order valence-corrected chi connectivity index (χ0v) is 12.1. The lowest BCUT2D eigenvalue weighted by Crippen LogP contribution is -2.13. The fourth-order valence-electron chi connectivity index (χ4n) is 2.15. The molecule has 1 atom stereocenters. The van der Waals surface area contributed by atoms with Crippen LogP contribution in [0.2, 0.25) is 0 Å². The van der Waals surface area contributed by atoms with Crippen molar-refractivity contribution in [3.63, 3.8) is 0 Å². The van der Waals surface area contributed by atoms with Gasteiger partial charge in [-0.15, -0.1) is 0 Å². The molecule has 6 heteroatoms. The quantitative estimate of drug-likeness (QED) is 0.782. The predicted octanol–water partition coefficient (Wildman–Crippen LogP) is 3.58. The molecule has 1 aromatic carbocycles. The van der Waals surface area contributed by atoms with Gasteiger partial charge in [-0.3, -0.25) is 0 Å². The minimum atomic E-state index is -2.85. The van der Waals surface area contributed by atoms with Crippen LogP contribution in [0.1, 0.15) is 24.4 Å². The summed E-state index contributed by atoms with van der Waals surface area (Å²) >= 11 is 0. The van der Waals surface area contributed by atoms with E-state index in [1.54, 1.807) is 6.07 Å². The molecule has 1 heterocycles. The minimum absolute atomic E-state index is 0.0405. The number of hydrogen-bond acceptors (Lipinski definition) is 4. The molecule has 0 saturated heterocycles. The molecule has 4 nitrogen and oxygen atoms in total. The molecular formula is C16H19F2N3O. The molecule has 2 aromatic rings. The molecular weight excluding hydrogens is 288 g/mol. The summed E-state index contributed by atoms with van der Waals surface area (Å²) in [4.78, 5) is 4.10. The van der Waals surface area contributed by atoms with Crippen molar-refractivity contribution in [2.45, 2.75) is 25.5 Å². The van der Waals surface area contributed by atoms with Crippen LogP contribution >= 0.6 is 0 Å². The second-order valence-corrected chi connectivity index (χ2v) is 4.80. The Labute approximate surface area is 128 Å². The van der Waals surface area contributed by atoms with E-state index in [0.29, 0.717) is 12.4 Å². The lowest BCUT2D eigenvalue weighted by atomic mass is 10.0. The molecule has 2 rings (SSSR count). The Morgan fingerprint density at radius 3 is 2.50 bits per heavy atom. The molecule has 0 fully saturated rings. The normalized spacial score (nSPS) is 12.2. The molecule has 0 radical (unpaired) electrons. The van der Waals surface area contributed by atoms with Gasteiger partial charge in [-0.2, -0.15) is 8.78 Å². The van der Waals surface area contributed by atoms with Crippen LogP contribution in [0.25, 0.3) is 0 Å². The summed E-state index contributed by atoms with van der Waals surface area (Å²) in [6.45, 7) is -2.23. The van der Waals surface area contributed by atoms with E-state index in [-0.39, 0.29) is 11.8 Å². The first kappa shape index (κ1) is 16.2. The fraction of sp³-hybridized carbons (Fsp3) is 0.312. The van der Waals surface area contributed by atoms with Gasteiger partial charge < -0.3 is 15.8 Å². The maximum atomic E-state index is 12.1. The van der Waals surface area contributed by atoms with Gasteiger partial charge in [0, 0.05) is 0 Å². The molecule has 1 aromatic heterocycles. The molecule has 0 aliphatic carbocycles. The first-order chi connectivity index (χ1) is 10.7. The van der Waals surface area contributed by atoms with E-state index in [1.807, 2.05) is 30.3 Å². The van der Waals surface area contributed by atoms with Gasteiger partial charge in [-0.1, -0.05) is 30.3 Å². The molecule has 0 spiro atoms. The van der Waals surface area contributed by atoms with E-state index < -0.39 is 6.61 Å². The highest BCUT2D eigenvalue weighted by atomic mass is 19.3. The van der Waals surface area contributed by atoms with Crippen LogP contribution in [0, 0.1) is 0 Å². The summed E-state index contributed by atoms with van der Waals surface area (Å²) in [6.07, 6.45) is 3.01. The number of benzene rings is 1. The second-order valence-electron chi connectivity index (χ2n) is 4.80. The van der Waals surface area contributed by atoms with Gasteiger partial charge in [-0.25, -0.2) is 4.98 Å². The topological polar surface area (TPSA) is 60.2 Å². The molecule has 1 unspecified atom stereocenters. The van der Waals surface area contributed by atoms with Crippen LogP contribution in [0.5, 0.6) is 5.75 Å². The van der Waals surface area contributed by atoms with E-state index in [1.165, 1.54) is 12.3 Å². The number of halogens is 2. The number of anilines is 1. The van der Waals surface area contributed by atoms with Gasteiger partial charge in [0.15, 0.2) is 0 Å². The smallest absolute Gasteiger partial charge is 0.387 e. The van der Waals surface area contributed by atoms with Crippen molar-refractivity contribution in [2.24, 2.45) is 5.73 Å². The van der Waals surface area contributed by atoms with Crippen LogP contribution in [-0.4, -0.2) is 18.1 Å². The maximum absolute atomic E-state index is 12.1. The van der Waals surface area contributed by atoms with Gasteiger partial charge in [0.2, 0.25) is 0 Å². The number of nitrogens with zero attached hydrogens (tertiary/aromatic N) is 1. The van der Waals surface area contributed by atoms with E-state index in [0.717, 1.165) is 18.4 Å². The Morgan fingerprint density at radius 1 is 1.14 bits per heavy atom. The van der Waals surface area contributed by atoms with Crippen molar-refractivity contribution in [1.82, 2.24) is 4.98 Å². The highest BCUT2D eigenvalue weighted by molar-refractivity contribution is 5.40. The number of nitrogens with two attached hydrogens (primary N) is 1. The van der Waals surface area contributed by atoms with Crippen molar-refractivity contribution >= 4 is 5.82 Å². The Balaban J connectivity index is 2.06. The largest absolute Gasteiger partial charge is 0.433 e. The van der Waals surface area contributed by atoms with E-state index in [9.17, 15) is 8.78 Å². The molecule has 0 amide bonds. The molecule has 22 heavy (non-hydrogen) atoms. The van der Waals surface area contributed by atoms with Gasteiger partial charge >= 0.3 is 6.61 Å². The average molecular weight is 307 g/mol. The van der Waals surface area contributed by atoms with Gasteiger partial charge in [0.05, 0.1) is 12.2 Å². The summed E-state index contributed by atoms with van der Waals surface area (Å²) in [7, 11) is 0. The third-order valence-electron chi connectivity index (χ3n) is 3.18. The van der Waals surface area contributed by atoms with E-state index in [2.05, 4.69) is 15.0 Å². The first-order valence-electron chi connectivity index (χ1n) is 7.11. The van der Waals surface area contributed by atoms with Crippen molar-refractivity contribution in [2.75, 3.05) is 11.9 Å². The minimum Gasteiger partial charge on any atom is -0.433 e. The number of rotatable bonds is 8. The van der Waals surface area contributed by atoms with Crippen molar-refractivity contribution in [3.05, 3.63) is 54.2 Å². The number of hydrogen-bond donors (Lipinski definition) is 2. The number of ether oxygens (including phenoxy) is 1. The van der Waals surface area contributed by atoms with E-state index in [4.69, 9.17) is 5.73 Å². The molecule has 0 saturated carbocycles. The van der Waals surface area contributed by atoms with Gasteiger partial charge in [0.25, 0.3) is 0 Å². The van der Waals surface area contributed by atoms with Crippen LogP contribution in [0.15, 0.2) is 48.7 Å². The van der Waals surface area contributed by atoms with Crippen LogP contribution < -0.4 is 15.8 Å². The highest BCUT2D eigenvalue weighted by Crippen LogP contribution is 2.24. The van der Waals surface area contributed by atoms with Crippen molar-refractivity contribution in [1.29, 1.82) is 0 Å². The van der Waals surface area contributed by atoms with Gasteiger partial charge in [-0.05, 0) is 37.1 Å². The number of aromatic nitrogens is 1. The number of alkyl halides is 2. The van der Waals surface area contributed by atoms with Crippen LogP contribution in [0.4, 0.5) is 14.6 Å². The van der Waals surface area contributed by atoms with Crippen molar-refractivity contribution in [3.8, 4) is 5.75 Å². The summed E-state index contributed by atoms with van der Waals surface area (Å²) in [5.74, 6) is 0.645. The predicted molar refractivity (Wildman–Crippen MR) is 82.0 cm³/mol. The molecule has 3 N–H and O–H groups in total. The SMILES string of the molecule is NCCCC(Nc1ccc(OC(F)F)cn1)c1ccccc1. The molecule has 0 aliphatic heterocycles. The zero-order valence-electron chi connectivity index (χ0n) is 12.1. The lowest BCUT2D eigenvalue weighted by molar-refractivity contribution is -0.0500. The Morgan fingerprint density at radius 2 is 1.91 bits per heavy atom. The maximum Gasteiger partial charge on any atom is 0.387 e. The number of nitrogens with one attached hydrogen (secondary N) is 1. The van der Waals surface area contributed by atoms with E-state index >= 15 is 0 Å². The monoisotopic (exact) mass is 307 g/mol. The second kappa shape index (κ2) is 8.29. The fourth-order valence-corrected chi connectivity index (χ4v) is 2.15. The zero-order chi connectivity index (χ0) is 15.8. The van der Waals surface area contributed by atoms with Gasteiger partial charge in [0.1, 0.15) is 11.6 Å². The third kappa shape index (κ3) is 4.96. The van der Waals surface area contributed by atoms with Crippen LogP contribution in [-0.2, 0) is 0 Å². The lowest BCUT2D eigenvalue weighted by Gasteiger charge is -2.19. The highest BCUT2D eigenvalue weighted by Gasteiger charge is 2.12. The number of pyridine rings is 1. The molecule has 0 bridgehead atoms. The summed E-state index contributed by atoms with van der Waals surface area (Å²) in [6, 6.07) is 13.1. The van der Waals surface area contributed by atoms with Crippen molar-refractivity contribution < 1.29 is 13.5 Å². The summed E-state index contributed by atoms with van der Waals surface area (Å²) in [5, 5.41) is 3.30. The average Bonchev–Trinajstić information content (AvgIpc) is 2.53. The summed E-state index contributed by atoms with van der Waals surface area (Å²) < 4.78 is 28.5. The Hall–Kier alpha value is -2.21. The Bertz CT molecular complexity index is 549. The first-order valence-corrected chi connectivity index (χ1v) is 7.11. The standard InChI is InChI=1S/C16H19F2N3O/c17-16(18)22-13-8-9-15(20-11-13)21-14(7-4-10-19)12-5-2-1-3-6-12/h1-3,5-6,8-9,11,14,16H,4,7,10,19H2,(H,20,21). The third-order valence-corrected chi connectivity index (χ3v) is 3.18. The van der Waals surface area contributed by atoms with Crippen LogP contribution in [0.3, 0.4) is 0 Å². The summed E-state index contributed by atoms with van der Waals surface area (Å²) in [5.41, 5.74) is 6.71. The molecule has 0 aliphatic rings. The molecule has 118 valence electrons. The Kier molecular flexibility index (Phi) is 6.09.